The molecule has 16 heteroatoms. The van der Waals surface area contributed by atoms with Crippen LogP contribution >= 0.6 is 43.2 Å². The second-order valence-electron chi connectivity index (χ2n) is 7.22. The number of carbonyl (C=O) groups is 3. The van der Waals surface area contributed by atoms with Crippen molar-refractivity contribution in [2.24, 2.45) is 0 Å². The monoisotopic (exact) mass is 664 g/mol. The van der Waals surface area contributed by atoms with E-state index in [9.17, 15) is 27.6 Å². The van der Waals surface area contributed by atoms with Crippen LogP contribution in [-0.4, -0.2) is 46.7 Å². The first-order valence-corrected chi connectivity index (χ1v) is 12.3. The molecule has 0 saturated carbocycles. The maximum absolute atomic E-state index is 13.9. The summed E-state index contributed by atoms with van der Waals surface area (Å²) < 4.78 is 57.1. The Hall–Kier alpha value is -3.24. The van der Waals surface area contributed by atoms with Crippen molar-refractivity contribution in [1.82, 2.24) is 14.6 Å². The number of fused-ring (bicyclic) bond motifs is 1. The molecule has 194 valence electrons. The number of ether oxygens (including phenoxy) is 2. The maximum atomic E-state index is 13.9. The molecule has 1 N–H and O–H groups in total. The molecule has 0 atom stereocenters. The van der Waals surface area contributed by atoms with Gasteiger partial charge in [0.2, 0.25) is 0 Å². The molecular weight excluding hydrogens is 653 g/mol. The molecular formula is C21H13Br2F3N4O6S. The van der Waals surface area contributed by atoms with E-state index in [2.05, 4.69) is 47.3 Å². The molecule has 10 nitrogen and oxygen atoms in total. The number of hydrogen-bond acceptors (Lipinski definition) is 9. The van der Waals surface area contributed by atoms with Gasteiger partial charge in [-0.2, -0.15) is 18.3 Å². The minimum Gasteiger partial charge on any atom is -0.465 e. The Morgan fingerprint density at radius 3 is 2.38 bits per heavy atom. The Balaban J connectivity index is 1.83. The zero-order valence-electron chi connectivity index (χ0n) is 18.8. The lowest BCUT2D eigenvalue weighted by atomic mass is 10.1. The van der Waals surface area contributed by atoms with Gasteiger partial charge in [0.05, 0.1) is 24.3 Å². The summed E-state index contributed by atoms with van der Waals surface area (Å²) in [5.41, 5.74) is -2.05. The van der Waals surface area contributed by atoms with Crippen molar-refractivity contribution in [1.29, 1.82) is 0 Å². The maximum Gasteiger partial charge on any atom is 0.433 e. The fourth-order valence-corrected chi connectivity index (χ4v) is 5.25. The van der Waals surface area contributed by atoms with Crippen LogP contribution in [0.4, 0.5) is 18.2 Å². The minimum atomic E-state index is -4.86. The fraction of sp³-hybridized carbons (Fsp3) is 0.190. The van der Waals surface area contributed by atoms with E-state index < -0.39 is 35.4 Å². The lowest BCUT2D eigenvalue weighted by Gasteiger charge is -2.10. The summed E-state index contributed by atoms with van der Waals surface area (Å²) in [5, 5.41) is 6.17. The standard InChI is InChI=1S/C21H13Br2F3N4O6S/c1-7-12(19(32)34-2)18(37-15(7)20(33)35-3)28-17(31)14-13(23)16-27-8(9-4-5-11(22)36-9)6-10(21(24,25)26)30(16)29-14/h4-6H,1-3H3,(H,28,31). The number of furan rings is 1. The number of esters is 2. The number of thiophene rings is 1. The van der Waals surface area contributed by atoms with Crippen molar-refractivity contribution in [3.8, 4) is 11.5 Å². The molecule has 1 amide bonds. The number of anilines is 1. The van der Waals surface area contributed by atoms with Crippen LogP contribution in [0.3, 0.4) is 0 Å². The molecule has 0 radical (unpaired) electrons. The van der Waals surface area contributed by atoms with Gasteiger partial charge in [0, 0.05) is 0 Å². The average Bonchev–Trinajstić information content (AvgIpc) is 3.52. The Kier molecular flexibility index (Phi) is 7.18. The fourth-order valence-electron chi connectivity index (χ4n) is 3.32. The molecule has 0 bridgehead atoms. The third-order valence-corrected chi connectivity index (χ3v) is 7.34. The number of aromatic nitrogens is 3. The highest BCUT2D eigenvalue weighted by molar-refractivity contribution is 9.10. The highest BCUT2D eigenvalue weighted by Crippen LogP contribution is 2.37. The first kappa shape index (κ1) is 26.8. The van der Waals surface area contributed by atoms with E-state index >= 15 is 0 Å². The molecule has 4 heterocycles. The first-order valence-electron chi connectivity index (χ1n) is 9.90. The average molecular weight is 666 g/mol. The van der Waals surface area contributed by atoms with Crippen LogP contribution in [0.2, 0.25) is 0 Å². The Labute approximate surface area is 226 Å². The second kappa shape index (κ2) is 9.90. The van der Waals surface area contributed by atoms with Crippen LogP contribution < -0.4 is 5.32 Å². The molecule has 4 aromatic heterocycles. The molecule has 4 rings (SSSR count). The number of carbonyl (C=O) groups excluding carboxylic acids is 3. The van der Waals surface area contributed by atoms with Gasteiger partial charge < -0.3 is 19.2 Å². The summed E-state index contributed by atoms with van der Waals surface area (Å²) in [6.07, 6.45) is -4.86. The minimum absolute atomic E-state index is 0.0301. The number of nitrogens with zero attached hydrogens (tertiary/aromatic N) is 3. The number of amides is 1. The first-order chi connectivity index (χ1) is 17.4. The Bertz CT molecular complexity index is 1580. The number of rotatable bonds is 5. The lowest BCUT2D eigenvalue weighted by Crippen LogP contribution is -2.16. The normalized spacial score (nSPS) is 11.6. The van der Waals surface area contributed by atoms with E-state index in [1.807, 2.05) is 0 Å². The van der Waals surface area contributed by atoms with E-state index in [4.69, 9.17) is 13.9 Å². The van der Waals surface area contributed by atoms with Crippen LogP contribution in [0.25, 0.3) is 17.1 Å². The van der Waals surface area contributed by atoms with Crippen molar-refractivity contribution >= 4 is 71.7 Å². The molecule has 0 aromatic carbocycles. The van der Waals surface area contributed by atoms with Gasteiger partial charge in [-0.15, -0.1) is 11.3 Å². The van der Waals surface area contributed by atoms with Crippen molar-refractivity contribution in [2.75, 3.05) is 19.5 Å². The third-order valence-electron chi connectivity index (χ3n) is 5.00. The van der Waals surface area contributed by atoms with E-state index in [0.29, 0.717) is 4.52 Å². The van der Waals surface area contributed by atoms with E-state index in [-0.39, 0.29) is 47.2 Å². The largest absolute Gasteiger partial charge is 0.465 e. The number of alkyl halides is 3. The summed E-state index contributed by atoms with van der Waals surface area (Å²) in [7, 11) is 2.26. The molecule has 0 aliphatic rings. The number of methoxy groups -OCH3 is 2. The van der Waals surface area contributed by atoms with E-state index in [1.54, 1.807) is 0 Å². The van der Waals surface area contributed by atoms with E-state index in [0.717, 1.165) is 31.6 Å². The smallest absolute Gasteiger partial charge is 0.433 e. The predicted octanol–water partition coefficient (Wildman–Crippen LogP) is 5.73. The molecule has 0 unspecified atom stereocenters. The molecule has 37 heavy (non-hydrogen) atoms. The van der Waals surface area contributed by atoms with Gasteiger partial charge in [-0.1, -0.05) is 0 Å². The topological polar surface area (TPSA) is 125 Å². The highest BCUT2D eigenvalue weighted by atomic mass is 79.9. The van der Waals surface area contributed by atoms with Crippen molar-refractivity contribution in [3.63, 3.8) is 0 Å². The van der Waals surface area contributed by atoms with Gasteiger partial charge in [0.1, 0.15) is 15.6 Å². The summed E-state index contributed by atoms with van der Waals surface area (Å²) in [6, 6.07) is 3.65. The quantitative estimate of drug-likeness (QED) is 0.268. The molecule has 4 aromatic rings. The van der Waals surface area contributed by atoms with Gasteiger partial charge in [-0.3, -0.25) is 4.79 Å². The molecule has 0 saturated heterocycles. The summed E-state index contributed by atoms with van der Waals surface area (Å²) >= 11 is 6.95. The van der Waals surface area contributed by atoms with Gasteiger partial charge >= 0.3 is 18.1 Å². The highest BCUT2D eigenvalue weighted by Gasteiger charge is 2.37. The van der Waals surface area contributed by atoms with Gasteiger partial charge in [-0.25, -0.2) is 19.1 Å². The number of hydrogen-bond donors (Lipinski definition) is 1. The predicted molar refractivity (Wildman–Crippen MR) is 131 cm³/mol. The van der Waals surface area contributed by atoms with Crippen LogP contribution in [0.5, 0.6) is 0 Å². The van der Waals surface area contributed by atoms with Crippen molar-refractivity contribution in [3.05, 3.63) is 54.7 Å². The summed E-state index contributed by atoms with van der Waals surface area (Å²) in [5.74, 6) is -2.52. The molecule has 0 aliphatic heterocycles. The molecule has 0 fully saturated rings. The molecule has 0 aliphatic carbocycles. The van der Waals surface area contributed by atoms with Crippen molar-refractivity contribution < 1.29 is 41.4 Å². The SMILES string of the molecule is COC(=O)c1sc(NC(=O)c2nn3c(C(F)(F)F)cc(-c4ccc(Br)o4)nc3c2Br)c(C(=O)OC)c1C. The van der Waals surface area contributed by atoms with Gasteiger partial charge in [0.15, 0.2) is 27.5 Å². The lowest BCUT2D eigenvalue weighted by molar-refractivity contribution is -0.142. The zero-order valence-corrected chi connectivity index (χ0v) is 22.8. The summed E-state index contributed by atoms with van der Waals surface area (Å²) in [4.78, 5) is 41.8. The molecule has 0 spiro atoms. The van der Waals surface area contributed by atoms with Gasteiger partial charge in [0.25, 0.3) is 5.91 Å². The van der Waals surface area contributed by atoms with E-state index in [1.165, 1.54) is 19.1 Å². The van der Waals surface area contributed by atoms with Crippen LogP contribution in [0, 0.1) is 6.92 Å². The van der Waals surface area contributed by atoms with Crippen LogP contribution in [-0.2, 0) is 15.7 Å². The van der Waals surface area contributed by atoms with Gasteiger partial charge in [-0.05, 0) is 62.5 Å². The second-order valence-corrected chi connectivity index (χ2v) is 9.82. The third kappa shape index (κ3) is 4.87. The van der Waals surface area contributed by atoms with Crippen molar-refractivity contribution in [2.45, 2.75) is 13.1 Å². The van der Waals surface area contributed by atoms with Crippen LogP contribution in [0.15, 0.2) is 31.8 Å². The summed E-state index contributed by atoms with van der Waals surface area (Å²) in [6.45, 7) is 1.46. The van der Waals surface area contributed by atoms with Crippen LogP contribution in [0.1, 0.15) is 41.8 Å². The zero-order chi connectivity index (χ0) is 27.2. The number of nitrogens with one attached hydrogen (secondary N) is 1. The number of halogens is 5. The Morgan fingerprint density at radius 1 is 1.14 bits per heavy atom. The Morgan fingerprint density at radius 2 is 1.81 bits per heavy atom.